The third-order valence-corrected chi connectivity index (χ3v) is 2.61. The smallest absolute Gasteiger partial charge is 0.151 e. The van der Waals surface area contributed by atoms with Crippen LogP contribution in [-0.4, -0.2) is 16.9 Å². The Kier molecular flexibility index (Phi) is 3.32. The molecule has 1 N–H and O–H groups in total. The maximum absolute atomic E-state index is 5.19. The Morgan fingerprint density at radius 3 is 2.88 bits per heavy atom. The van der Waals surface area contributed by atoms with Gasteiger partial charge >= 0.3 is 0 Å². The number of aromatic nitrogens is 2. The van der Waals surface area contributed by atoms with E-state index in [-0.39, 0.29) is 0 Å². The molecular formula is C13H17N3O. The van der Waals surface area contributed by atoms with Gasteiger partial charge in [0, 0.05) is 25.4 Å². The molecule has 0 spiro atoms. The highest BCUT2D eigenvalue weighted by Gasteiger charge is 2.02. The number of hydrogen-bond donors (Lipinski definition) is 1. The van der Waals surface area contributed by atoms with Crippen molar-refractivity contribution in [3.8, 4) is 5.75 Å². The maximum atomic E-state index is 5.19. The molecule has 0 fully saturated rings. The summed E-state index contributed by atoms with van der Waals surface area (Å²) in [6.07, 6.45) is 1.99. The van der Waals surface area contributed by atoms with E-state index in [2.05, 4.69) is 16.5 Å². The van der Waals surface area contributed by atoms with Crippen LogP contribution in [-0.2, 0) is 13.6 Å². The first kappa shape index (κ1) is 11.5. The molecule has 4 nitrogen and oxygen atoms in total. The molecule has 0 amide bonds. The van der Waals surface area contributed by atoms with Gasteiger partial charge in [0.15, 0.2) is 5.82 Å². The summed E-state index contributed by atoms with van der Waals surface area (Å²) in [6, 6.07) is 8.01. The third kappa shape index (κ3) is 2.78. The molecule has 1 aromatic carbocycles. The second-order valence-electron chi connectivity index (χ2n) is 4.04. The van der Waals surface area contributed by atoms with E-state index in [4.69, 9.17) is 4.74 Å². The average molecular weight is 231 g/mol. The van der Waals surface area contributed by atoms with E-state index in [1.807, 2.05) is 43.0 Å². The second kappa shape index (κ2) is 4.91. The van der Waals surface area contributed by atoms with Crippen molar-refractivity contribution in [2.24, 2.45) is 7.05 Å². The number of nitrogens with zero attached hydrogens (tertiary/aromatic N) is 2. The lowest BCUT2D eigenvalue weighted by atomic mass is 10.2. The van der Waals surface area contributed by atoms with Gasteiger partial charge in [0.25, 0.3) is 0 Å². The van der Waals surface area contributed by atoms with Crippen molar-refractivity contribution in [2.45, 2.75) is 13.5 Å². The average Bonchev–Trinajstić information content (AvgIpc) is 2.65. The Labute approximate surface area is 101 Å². The minimum atomic E-state index is 0.745. The van der Waals surface area contributed by atoms with Gasteiger partial charge in [0.05, 0.1) is 7.11 Å². The first-order chi connectivity index (χ1) is 8.19. The molecule has 4 heteroatoms. The van der Waals surface area contributed by atoms with Crippen LogP contribution in [0.25, 0.3) is 0 Å². The van der Waals surface area contributed by atoms with Gasteiger partial charge in [0.2, 0.25) is 0 Å². The molecule has 0 atom stereocenters. The highest BCUT2D eigenvalue weighted by Crippen LogP contribution is 2.15. The van der Waals surface area contributed by atoms with Gasteiger partial charge in [-0.3, -0.25) is 4.68 Å². The molecule has 0 unspecified atom stereocenters. The van der Waals surface area contributed by atoms with Crippen molar-refractivity contribution in [2.75, 3.05) is 12.4 Å². The van der Waals surface area contributed by atoms with E-state index in [0.717, 1.165) is 23.7 Å². The lowest BCUT2D eigenvalue weighted by molar-refractivity contribution is 0.414. The van der Waals surface area contributed by atoms with Gasteiger partial charge in [-0.15, -0.1) is 0 Å². The number of anilines is 1. The molecule has 0 radical (unpaired) electrons. The van der Waals surface area contributed by atoms with E-state index < -0.39 is 0 Å². The standard InChI is InChI=1S/C13H17N3O/c1-10-9-16(2)15-13(10)14-8-11-5-4-6-12(7-11)17-3/h4-7,9H,8H2,1-3H3,(H,14,15). The van der Waals surface area contributed by atoms with Gasteiger partial charge < -0.3 is 10.1 Å². The van der Waals surface area contributed by atoms with Crippen molar-refractivity contribution in [3.63, 3.8) is 0 Å². The van der Waals surface area contributed by atoms with Gasteiger partial charge in [-0.2, -0.15) is 5.10 Å². The van der Waals surface area contributed by atoms with E-state index in [1.165, 1.54) is 5.56 Å². The Balaban J connectivity index is 2.04. The molecule has 1 aromatic heterocycles. The molecular weight excluding hydrogens is 214 g/mol. The molecule has 0 aliphatic carbocycles. The summed E-state index contributed by atoms with van der Waals surface area (Å²) in [6.45, 7) is 2.79. The van der Waals surface area contributed by atoms with Crippen molar-refractivity contribution >= 4 is 5.82 Å². The fourth-order valence-electron chi connectivity index (χ4n) is 1.75. The fourth-order valence-corrected chi connectivity index (χ4v) is 1.75. The first-order valence-electron chi connectivity index (χ1n) is 5.56. The minimum absolute atomic E-state index is 0.745. The van der Waals surface area contributed by atoms with Gasteiger partial charge in [-0.05, 0) is 24.6 Å². The van der Waals surface area contributed by atoms with Crippen molar-refractivity contribution in [1.82, 2.24) is 9.78 Å². The molecule has 0 aliphatic rings. The molecule has 17 heavy (non-hydrogen) atoms. The zero-order valence-corrected chi connectivity index (χ0v) is 10.4. The Hall–Kier alpha value is -1.97. The summed E-state index contributed by atoms with van der Waals surface area (Å²) in [5, 5.41) is 7.66. The fraction of sp³-hybridized carbons (Fsp3) is 0.308. The zero-order chi connectivity index (χ0) is 12.3. The molecule has 90 valence electrons. The first-order valence-corrected chi connectivity index (χ1v) is 5.56. The maximum Gasteiger partial charge on any atom is 0.151 e. The topological polar surface area (TPSA) is 39.1 Å². The number of benzene rings is 1. The van der Waals surface area contributed by atoms with Crippen molar-refractivity contribution in [3.05, 3.63) is 41.6 Å². The highest BCUT2D eigenvalue weighted by molar-refractivity contribution is 5.42. The number of aryl methyl sites for hydroxylation is 2. The van der Waals surface area contributed by atoms with Crippen LogP contribution in [0.15, 0.2) is 30.5 Å². The second-order valence-corrected chi connectivity index (χ2v) is 4.04. The van der Waals surface area contributed by atoms with Crippen LogP contribution in [0, 0.1) is 6.92 Å². The van der Waals surface area contributed by atoms with E-state index >= 15 is 0 Å². The summed E-state index contributed by atoms with van der Waals surface area (Å²) in [5.74, 6) is 1.80. The molecule has 1 heterocycles. The van der Waals surface area contributed by atoms with Crippen LogP contribution < -0.4 is 10.1 Å². The van der Waals surface area contributed by atoms with Crippen LogP contribution in [0.2, 0.25) is 0 Å². The summed E-state index contributed by atoms with van der Waals surface area (Å²) >= 11 is 0. The van der Waals surface area contributed by atoms with Crippen LogP contribution in [0.5, 0.6) is 5.75 Å². The van der Waals surface area contributed by atoms with Crippen molar-refractivity contribution < 1.29 is 4.74 Å². The summed E-state index contributed by atoms with van der Waals surface area (Å²) in [4.78, 5) is 0. The number of hydrogen-bond acceptors (Lipinski definition) is 3. The summed E-state index contributed by atoms with van der Waals surface area (Å²) in [5.41, 5.74) is 2.32. The van der Waals surface area contributed by atoms with Crippen LogP contribution >= 0.6 is 0 Å². The predicted molar refractivity (Wildman–Crippen MR) is 68.3 cm³/mol. The van der Waals surface area contributed by atoms with Crippen LogP contribution in [0.3, 0.4) is 0 Å². The zero-order valence-electron chi connectivity index (χ0n) is 10.4. The Bertz CT molecular complexity index is 505. The monoisotopic (exact) mass is 231 g/mol. The predicted octanol–water partition coefficient (Wildman–Crippen LogP) is 2.35. The van der Waals surface area contributed by atoms with Crippen LogP contribution in [0.1, 0.15) is 11.1 Å². The molecule has 0 bridgehead atoms. The summed E-state index contributed by atoms with van der Waals surface area (Å²) in [7, 11) is 3.60. The lowest BCUT2D eigenvalue weighted by Gasteiger charge is -2.06. The van der Waals surface area contributed by atoms with Gasteiger partial charge in [0.1, 0.15) is 5.75 Å². The minimum Gasteiger partial charge on any atom is -0.497 e. The van der Waals surface area contributed by atoms with Crippen LogP contribution in [0.4, 0.5) is 5.82 Å². The Morgan fingerprint density at radius 1 is 1.41 bits per heavy atom. The normalized spacial score (nSPS) is 10.3. The SMILES string of the molecule is COc1cccc(CNc2nn(C)cc2C)c1. The molecule has 2 aromatic rings. The number of nitrogens with one attached hydrogen (secondary N) is 1. The van der Waals surface area contributed by atoms with Crippen molar-refractivity contribution in [1.29, 1.82) is 0 Å². The lowest BCUT2D eigenvalue weighted by Crippen LogP contribution is -2.02. The number of rotatable bonds is 4. The van der Waals surface area contributed by atoms with E-state index in [9.17, 15) is 0 Å². The molecule has 0 saturated carbocycles. The third-order valence-electron chi connectivity index (χ3n) is 2.61. The largest absolute Gasteiger partial charge is 0.497 e. The molecule has 2 rings (SSSR count). The van der Waals surface area contributed by atoms with Gasteiger partial charge in [-0.1, -0.05) is 12.1 Å². The molecule has 0 aliphatic heterocycles. The van der Waals surface area contributed by atoms with E-state index in [1.54, 1.807) is 7.11 Å². The van der Waals surface area contributed by atoms with Gasteiger partial charge in [-0.25, -0.2) is 0 Å². The molecule has 0 saturated heterocycles. The Morgan fingerprint density at radius 2 is 2.24 bits per heavy atom. The quantitative estimate of drug-likeness (QED) is 0.878. The number of methoxy groups -OCH3 is 1. The van der Waals surface area contributed by atoms with E-state index in [0.29, 0.717) is 0 Å². The summed E-state index contributed by atoms with van der Waals surface area (Å²) < 4.78 is 7.00. The highest BCUT2D eigenvalue weighted by atomic mass is 16.5. The number of ether oxygens (including phenoxy) is 1.